The molecule has 3 heterocycles. The zero-order valence-electron chi connectivity index (χ0n) is 40.2. The van der Waals surface area contributed by atoms with Crippen LogP contribution in [-0.2, 0) is 28.4 Å². The van der Waals surface area contributed by atoms with Crippen molar-refractivity contribution in [3.63, 3.8) is 0 Å². The van der Waals surface area contributed by atoms with E-state index in [4.69, 9.17) is 28.4 Å². The van der Waals surface area contributed by atoms with E-state index < -0.39 is 151 Å². The average molecular weight is 947 g/mol. The van der Waals surface area contributed by atoms with Gasteiger partial charge >= 0.3 is 0 Å². The van der Waals surface area contributed by atoms with Gasteiger partial charge in [-0.15, -0.1) is 0 Å². The maximum atomic E-state index is 12.7. The van der Waals surface area contributed by atoms with Crippen LogP contribution < -0.4 is 0 Å². The maximum Gasteiger partial charge on any atom is 0.187 e. The first kappa shape index (κ1) is 52.8. The molecular formula is C48H82O18. The summed E-state index contributed by atoms with van der Waals surface area (Å²) in [7, 11) is 0. The van der Waals surface area contributed by atoms with Crippen LogP contribution in [0, 0.1) is 45.3 Å². The minimum Gasteiger partial charge on any atom is -0.394 e. The topological polar surface area (TPSA) is 298 Å². The van der Waals surface area contributed by atoms with Crippen molar-refractivity contribution in [3.05, 3.63) is 11.6 Å². The molecule has 0 radical (unpaired) electrons. The first-order valence-corrected chi connectivity index (χ1v) is 24.3. The van der Waals surface area contributed by atoms with Crippen molar-refractivity contribution in [2.45, 2.75) is 230 Å². The molecular weight excluding hydrogens is 865 g/mol. The van der Waals surface area contributed by atoms with E-state index in [0.717, 1.165) is 5.57 Å². The molecule has 4 saturated carbocycles. The molecule has 0 bridgehead atoms. The summed E-state index contributed by atoms with van der Waals surface area (Å²) in [5.41, 5.74) is -2.43. The van der Waals surface area contributed by atoms with Gasteiger partial charge in [0.1, 0.15) is 67.1 Å². The van der Waals surface area contributed by atoms with E-state index in [2.05, 4.69) is 26.8 Å². The lowest BCUT2D eigenvalue weighted by molar-refractivity contribution is -0.382. The predicted molar refractivity (Wildman–Crippen MR) is 234 cm³/mol. The molecule has 0 spiro atoms. The molecule has 4 aliphatic carbocycles. The van der Waals surface area contributed by atoms with Crippen LogP contribution in [0.4, 0.5) is 0 Å². The summed E-state index contributed by atoms with van der Waals surface area (Å²) in [6.45, 7) is 16.8. The van der Waals surface area contributed by atoms with E-state index in [0.29, 0.717) is 51.4 Å². The number of ether oxygens (including phenoxy) is 6. The van der Waals surface area contributed by atoms with Gasteiger partial charge in [-0.25, -0.2) is 0 Å². The van der Waals surface area contributed by atoms with Crippen LogP contribution in [0.15, 0.2) is 11.6 Å². The Morgan fingerprint density at radius 1 is 0.682 bits per heavy atom. The van der Waals surface area contributed by atoms with E-state index in [1.807, 2.05) is 34.6 Å². The molecule has 18 heteroatoms. The van der Waals surface area contributed by atoms with Gasteiger partial charge in [-0.3, -0.25) is 0 Å². The third-order valence-corrected chi connectivity index (χ3v) is 18.7. The lowest BCUT2D eigenvalue weighted by Gasteiger charge is -2.72. The van der Waals surface area contributed by atoms with Gasteiger partial charge in [-0.05, 0) is 124 Å². The lowest BCUT2D eigenvalue weighted by atomic mass is 9.34. The van der Waals surface area contributed by atoms with Crippen molar-refractivity contribution >= 4 is 0 Å². The van der Waals surface area contributed by atoms with E-state index in [1.165, 1.54) is 6.92 Å². The molecule has 7 aliphatic rings. The van der Waals surface area contributed by atoms with Crippen molar-refractivity contribution in [3.8, 4) is 0 Å². The molecule has 0 aromatic rings. The minimum atomic E-state index is -1.75. The average Bonchev–Trinajstić information content (AvgIpc) is 3.64. The first-order valence-electron chi connectivity index (χ1n) is 24.3. The number of hydrogen-bond donors (Lipinski definition) is 12. The zero-order valence-corrected chi connectivity index (χ0v) is 40.2. The maximum absolute atomic E-state index is 12.7. The summed E-state index contributed by atoms with van der Waals surface area (Å²) in [5, 5.41) is 132. The number of rotatable bonds is 12. The molecule has 26 atom stereocenters. The summed E-state index contributed by atoms with van der Waals surface area (Å²) < 4.78 is 38.1. The van der Waals surface area contributed by atoms with Crippen LogP contribution in [0.3, 0.4) is 0 Å². The fraction of sp³-hybridized carbons (Fsp3) is 0.958. The second kappa shape index (κ2) is 19.2. The molecule has 18 nitrogen and oxygen atoms in total. The smallest absolute Gasteiger partial charge is 0.187 e. The zero-order chi connectivity index (χ0) is 48.8. The van der Waals surface area contributed by atoms with Gasteiger partial charge in [0.15, 0.2) is 18.9 Å². The highest BCUT2D eigenvalue weighted by Gasteiger charge is 2.74. The van der Waals surface area contributed by atoms with Crippen molar-refractivity contribution in [1.82, 2.24) is 0 Å². The van der Waals surface area contributed by atoms with Crippen LogP contribution in [0.1, 0.15) is 114 Å². The number of aliphatic hydroxyl groups excluding tert-OH is 12. The predicted octanol–water partition coefficient (Wildman–Crippen LogP) is -0.0284. The van der Waals surface area contributed by atoms with Gasteiger partial charge in [-0.1, -0.05) is 46.3 Å². The molecule has 0 amide bonds. The SMILES string of the molecule is CC(C)=CCC[C@](C)(O[C@@H]1O[C@H](CO)[C@@H](O)[C@H](O)[C@H]1O)[C@H]1CC[C@@]2(C)[C@H]1[C@@H](O)CC1[C@@]3(C)CC[C@@H](O)C(C)(C)C3[C@H](O[C@@H]3O[C@H](CO)[C@@H](O)[C@H](O)[C@H]3O[C@@H]3O[C@@H](C)[C@H](O)[C@@H](O)[C@H]3O)C[C@]12C. The molecule has 0 aromatic carbocycles. The Hall–Kier alpha value is -0.980. The number of fused-ring (bicyclic) bond motifs is 5. The third kappa shape index (κ3) is 8.69. The summed E-state index contributed by atoms with van der Waals surface area (Å²) in [6.07, 6.45) is -18.3. The highest BCUT2D eigenvalue weighted by atomic mass is 16.8. The molecule has 66 heavy (non-hydrogen) atoms. The molecule has 7 rings (SSSR count). The van der Waals surface area contributed by atoms with Gasteiger partial charge in [-0.2, -0.15) is 0 Å². The van der Waals surface area contributed by atoms with E-state index in [1.54, 1.807) is 0 Å². The van der Waals surface area contributed by atoms with Gasteiger partial charge in [0, 0.05) is 0 Å². The Morgan fingerprint density at radius 2 is 1.27 bits per heavy atom. The Kier molecular flexibility index (Phi) is 15.4. The lowest BCUT2D eigenvalue weighted by Crippen LogP contribution is -2.71. The Bertz CT molecular complexity index is 1700. The molecule has 7 fully saturated rings. The summed E-state index contributed by atoms with van der Waals surface area (Å²) in [5.74, 6) is -1.12. The van der Waals surface area contributed by atoms with E-state index in [9.17, 15) is 61.3 Å². The van der Waals surface area contributed by atoms with Crippen LogP contribution in [-0.4, -0.2) is 191 Å². The molecule has 12 N–H and O–H groups in total. The molecule has 3 aliphatic heterocycles. The van der Waals surface area contributed by atoms with Crippen LogP contribution in [0.25, 0.3) is 0 Å². The number of aliphatic hydroxyl groups is 12. The van der Waals surface area contributed by atoms with Crippen LogP contribution in [0.5, 0.6) is 0 Å². The second-order valence-electron chi connectivity index (χ2n) is 23.0. The highest BCUT2D eigenvalue weighted by molar-refractivity contribution is 5.22. The number of hydrogen-bond acceptors (Lipinski definition) is 18. The molecule has 382 valence electrons. The molecule has 2 unspecified atom stereocenters. The number of allylic oxidation sites excluding steroid dienone is 2. The normalized spacial score (nSPS) is 53.5. The quantitative estimate of drug-likeness (QED) is 0.0904. The van der Waals surface area contributed by atoms with E-state index >= 15 is 0 Å². The van der Waals surface area contributed by atoms with Gasteiger partial charge in [0.25, 0.3) is 0 Å². The standard InChI is InChI=1S/C48H82O18/c1-21(2)11-10-14-48(9,66-42-38(60)35(57)32(54)26(19-49)63-42)23-12-16-46(7)30(23)24(51)17-28-45(6)15-13-29(52)44(4,5)40(45)25(18-47(28,46)8)62-43-39(36(58)33(55)27(20-50)64-43)65-41-37(59)34(56)31(53)22(3)61-41/h11,22-43,49-60H,10,12-20H2,1-9H3/t22-,23-,24-,25+,26+,27+,28?,29+,30+,31-,32+,33+,34+,35-,36-,37+,38+,39+,40?,41-,42-,43+,45+,46-,47+,48-/m0/s1. The van der Waals surface area contributed by atoms with Crippen LogP contribution >= 0.6 is 0 Å². The van der Waals surface area contributed by atoms with Crippen LogP contribution in [0.2, 0.25) is 0 Å². The fourth-order valence-corrected chi connectivity index (χ4v) is 14.9. The van der Waals surface area contributed by atoms with Crippen molar-refractivity contribution < 1.29 is 89.7 Å². The Balaban J connectivity index is 1.27. The van der Waals surface area contributed by atoms with Gasteiger partial charge in [0.05, 0.1) is 43.2 Å². The van der Waals surface area contributed by atoms with E-state index in [-0.39, 0.29) is 23.7 Å². The first-order chi connectivity index (χ1) is 30.7. The van der Waals surface area contributed by atoms with Gasteiger partial charge in [0.2, 0.25) is 0 Å². The minimum absolute atomic E-state index is 0.0861. The van der Waals surface area contributed by atoms with Crippen molar-refractivity contribution in [1.29, 1.82) is 0 Å². The highest BCUT2D eigenvalue weighted by Crippen LogP contribution is 2.76. The molecule has 3 saturated heterocycles. The summed E-state index contributed by atoms with van der Waals surface area (Å²) in [4.78, 5) is 0. The Morgan fingerprint density at radius 3 is 1.89 bits per heavy atom. The Labute approximate surface area is 388 Å². The third-order valence-electron chi connectivity index (χ3n) is 18.7. The summed E-state index contributed by atoms with van der Waals surface area (Å²) in [6, 6.07) is 0. The second-order valence-corrected chi connectivity index (χ2v) is 23.0. The fourth-order valence-electron chi connectivity index (χ4n) is 14.9. The van der Waals surface area contributed by atoms with Crippen molar-refractivity contribution in [2.24, 2.45) is 45.3 Å². The molecule has 0 aromatic heterocycles. The largest absolute Gasteiger partial charge is 0.394 e. The van der Waals surface area contributed by atoms with Crippen molar-refractivity contribution in [2.75, 3.05) is 13.2 Å². The monoisotopic (exact) mass is 947 g/mol. The van der Waals surface area contributed by atoms with Gasteiger partial charge < -0.3 is 89.7 Å². The summed E-state index contributed by atoms with van der Waals surface area (Å²) >= 11 is 0.